The van der Waals surface area contributed by atoms with E-state index in [1.807, 2.05) is 12.1 Å². The second-order valence-corrected chi connectivity index (χ2v) is 4.46. The molecule has 3 aromatic rings. The van der Waals surface area contributed by atoms with E-state index in [2.05, 4.69) is 25.9 Å². The number of benzene rings is 1. The molecule has 0 aliphatic rings. The minimum Gasteiger partial charge on any atom is -0.453 e. The molecule has 0 amide bonds. The fourth-order valence-corrected chi connectivity index (χ4v) is 2.39. The summed E-state index contributed by atoms with van der Waals surface area (Å²) in [6, 6.07) is 7.14. The first kappa shape index (κ1) is 11.1. The number of nitrogens with zero attached hydrogens (tertiary/aromatic N) is 2. The topological polar surface area (TPSA) is 56.0 Å². The van der Waals surface area contributed by atoms with Gasteiger partial charge in [0.05, 0.1) is 9.99 Å². The van der Waals surface area contributed by atoms with E-state index in [1.165, 1.54) is 0 Å². The van der Waals surface area contributed by atoms with Gasteiger partial charge in [-0.1, -0.05) is 0 Å². The predicted molar refractivity (Wildman–Crippen MR) is 70.3 cm³/mol. The summed E-state index contributed by atoms with van der Waals surface area (Å²) >= 11 is 3.50. The highest BCUT2D eigenvalue weighted by Crippen LogP contribution is 2.33. The van der Waals surface area contributed by atoms with Crippen LogP contribution in [0.5, 0.6) is 0 Å². The van der Waals surface area contributed by atoms with Gasteiger partial charge in [-0.3, -0.25) is 14.8 Å². The van der Waals surface area contributed by atoms with Crippen LogP contribution in [-0.4, -0.2) is 16.3 Å². The number of aromatic nitrogens is 2. The van der Waals surface area contributed by atoms with E-state index >= 15 is 0 Å². The monoisotopic (exact) mass is 302 g/mol. The summed E-state index contributed by atoms with van der Waals surface area (Å²) < 4.78 is 6.21. The Morgan fingerprint density at radius 3 is 2.72 bits per heavy atom. The Morgan fingerprint density at radius 1 is 1.11 bits per heavy atom. The highest BCUT2D eigenvalue weighted by atomic mass is 79.9. The third kappa shape index (κ3) is 1.73. The molecule has 4 nitrogen and oxygen atoms in total. The van der Waals surface area contributed by atoms with Crippen molar-refractivity contribution in [2.45, 2.75) is 0 Å². The first-order chi connectivity index (χ1) is 8.79. The first-order valence-corrected chi connectivity index (χ1v) is 6.03. The fraction of sp³-hybridized carbons (Fsp3) is 0. The predicted octanol–water partition coefficient (Wildman–Crippen LogP) is 3.46. The lowest BCUT2D eigenvalue weighted by Crippen LogP contribution is -1.86. The van der Waals surface area contributed by atoms with E-state index in [4.69, 9.17) is 4.42 Å². The number of fused-ring (bicyclic) bond motifs is 1. The standard InChI is InChI=1S/C13H7BrN2O2/c14-12-9(11-4-1-8(7-17)18-11)2-3-10-13(12)16-6-5-15-10/h1-7H. The molecule has 0 N–H and O–H groups in total. The number of rotatable bonds is 2. The van der Waals surface area contributed by atoms with Crippen molar-refractivity contribution < 1.29 is 9.21 Å². The number of halogens is 1. The molecule has 88 valence electrons. The van der Waals surface area contributed by atoms with E-state index in [9.17, 15) is 4.79 Å². The molecule has 0 aliphatic carbocycles. The van der Waals surface area contributed by atoms with E-state index in [1.54, 1.807) is 24.5 Å². The fourth-order valence-electron chi connectivity index (χ4n) is 1.75. The highest BCUT2D eigenvalue weighted by Gasteiger charge is 2.11. The van der Waals surface area contributed by atoms with Gasteiger partial charge in [0.25, 0.3) is 0 Å². The maximum absolute atomic E-state index is 10.6. The van der Waals surface area contributed by atoms with Crippen LogP contribution in [0.4, 0.5) is 0 Å². The lowest BCUT2D eigenvalue weighted by atomic mass is 10.1. The molecule has 5 heteroatoms. The zero-order valence-electron chi connectivity index (χ0n) is 9.13. The van der Waals surface area contributed by atoms with Crippen LogP contribution in [0.2, 0.25) is 0 Å². The molecule has 0 spiro atoms. The van der Waals surface area contributed by atoms with Crippen LogP contribution in [0.3, 0.4) is 0 Å². The molecule has 0 fully saturated rings. The van der Waals surface area contributed by atoms with Gasteiger partial charge in [0.2, 0.25) is 0 Å². The lowest BCUT2D eigenvalue weighted by Gasteiger charge is -2.04. The molecule has 0 bridgehead atoms. The maximum atomic E-state index is 10.6. The molecule has 0 saturated carbocycles. The molecule has 3 rings (SSSR count). The minimum atomic E-state index is 0.302. The quantitative estimate of drug-likeness (QED) is 0.680. The number of hydrogen-bond donors (Lipinski definition) is 0. The first-order valence-electron chi connectivity index (χ1n) is 5.24. The zero-order valence-corrected chi connectivity index (χ0v) is 10.7. The highest BCUT2D eigenvalue weighted by molar-refractivity contribution is 9.10. The average molecular weight is 303 g/mol. The third-order valence-corrected chi connectivity index (χ3v) is 3.39. The summed E-state index contributed by atoms with van der Waals surface area (Å²) in [5.74, 6) is 0.924. The van der Waals surface area contributed by atoms with Gasteiger partial charge in [0.15, 0.2) is 12.0 Å². The molecule has 2 aromatic heterocycles. The van der Waals surface area contributed by atoms with Gasteiger partial charge < -0.3 is 4.42 Å². The molecule has 0 atom stereocenters. The van der Waals surface area contributed by atoms with Crippen LogP contribution in [0.25, 0.3) is 22.4 Å². The number of hydrogen-bond acceptors (Lipinski definition) is 4. The number of aldehydes is 1. The SMILES string of the molecule is O=Cc1ccc(-c2ccc3nccnc3c2Br)o1. The van der Waals surface area contributed by atoms with Crippen molar-refractivity contribution >= 4 is 33.2 Å². The number of furan rings is 1. The average Bonchev–Trinajstić information content (AvgIpc) is 2.88. The molecule has 0 saturated heterocycles. The van der Waals surface area contributed by atoms with E-state index in [0.717, 1.165) is 21.1 Å². The summed E-state index contributed by atoms with van der Waals surface area (Å²) in [4.78, 5) is 19.1. The second kappa shape index (κ2) is 4.34. The maximum Gasteiger partial charge on any atom is 0.185 e. The molecule has 0 aliphatic heterocycles. The van der Waals surface area contributed by atoms with Crippen LogP contribution < -0.4 is 0 Å². The van der Waals surface area contributed by atoms with E-state index in [-0.39, 0.29) is 0 Å². The normalized spacial score (nSPS) is 10.7. The van der Waals surface area contributed by atoms with Crippen molar-refractivity contribution in [2.24, 2.45) is 0 Å². The summed E-state index contributed by atoms with van der Waals surface area (Å²) in [6.07, 6.45) is 3.96. The summed E-state index contributed by atoms with van der Waals surface area (Å²) in [5.41, 5.74) is 2.41. The van der Waals surface area contributed by atoms with Crippen LogP contribution in [0, 0.1) is 0 Å². The Balaban J connectivity index is 2.23. The molecule has 2 heterocycles. The number of carbonyl (C=O) groups excluding carboxylic acids is 1. The Labute approximate surface area is 111 Å². The Bertz CT molecular complexity index is 737. The van der Waals surface area contributed by atoms with Crippen molar-refractivity contribution in [3.63, 3.8) is 0 Å². The minimum absolute atomic E-state index is 0.302. The molecule has 0 unspecified atom stereocenters. The van der Waals surface area contributed by atoms with Gasteiger partial charge in [0, 0.05) is 18.0 Å². The summed E-state index contributed by atoms with van der Waals surface area (Å²) in [7, 11) is 0. The van der Waals surface area contributed by atoms with Crippen molar-refractivity contribution in [2.75, 3.05) is 0 Å². The molecule has 18 heavy (non-hydrogen) atoms. The van der Waals surface area contributed by atoms with Crippen LogP contribution in [0.15, 0.2) is 45.5 Å². The molecule has 0 radical (unpaired) electrons. The molecular formula is C13H7BrN2O2. The Morgan fingerprint density at radius 2 is 1.94 bits per heavy atom. The van der Waals surface area contributed by atoms with Gasteiger partial charge in [-0.25, -0.2) is 0 Å². The van der Waals surface area contributed by atoms with Crippen molar-refractivity contribution in [3.8, 4) is 11.3 Å². The lowest BCUT2D eigenvalue weighted by molar-refractivity contribution is 0.110. The Hall–Kier alpha value is -2.01. The second-order valence-electron chi connectivity index (χ2n) is 3.67. The number of carbonyl (C=O) groups is 1. The van der Waals surface area contributed by atoms with Gasteiger partial charge in [0.1, 0.15) is 11.3 Å². The van der Waals surface area contributed by atoms with Gasteiger partial charge in [-0.2, -0.15) is 0 Å². The molecule has 1 aromatic carbocycles. The van der Waals surface area contributed by atoms with Gasteiger partial charge in [-0.05, 0) is 40.2 Å². The third-order valence-electron chi connectivity index (χ3n) is 2.59. The summed E-state index contributed by atoms with van der Waals surface area (Å²) in [5, 5.41) is 0. The van der Waals surface area contributed by atoms with Crippen LogP contribution in [0.1, 0.15) is 10.6 Å². The summed E-state index contributed by atoms with van der Waals surface area (Å²) in [6.45, 7) is 0. The van der Waals surface area contributed by atoms with E-state index < -0.39 is 0 Å². The van der Waals surface area contributed by atoms with Gasteiger partial charge in [-0.15, -0.1) is 0 Å². The smallest absolute Gasteiger partial charge is 0.185 e. The van der Waals surface area contributed by atoms with Crippen LogP contribution >= 0.6 is 15.9 Å². The Kier molecular flexibility index (Phi) is 2.68. The molecular weight excluding hydrogens is 296 g/mol. The van der Waals surface area contributed by atoms with E-state index in [0.29, 0.717) is 17.8 Å². The van der Waals surface area contributed by atoms with Crippen molar-refractivity contribution in [3.05, 3.63) is 46.9 Å². The van der Waals surface area contributed by atoms with Crippen molar-refractivity contribution in [1.82, 2.24) is 9.97 Å². The van der Waals surface area contributed by atoms with Gasteiger partial charge >= 0.3 is 0 Å². The zero-order chi connectivity index (χ0) is 12.5. The van der Waals surface area contributed by atoms with Crippen molar-refractivity contribution in [1.29, 1.82) is 0 Å². The van der Waals surface area contributed by atoms with Crippen LogP contribution in [-0.2, 0) is 0 Å². The largest absolute Gasteiger partial charge is 0.453 e.